The van der Waals surface area contributed by atoms with E-state index in [1.807, 2.05) is 0 Å². The van der Waals surface area contributed by atoms with E-state index in [4.69, 9.17) is 0 Å². The van der Waals surface area contributed by atoms with E-state index >= 15 is 0 Å². The van der Waals surface area contributed by atoms with E-state index in [2.05, 4.69) is 10.6 Å². The molecule has 2 aliphatic heterocycles. The molecule has 2 fully saturated rings. The van der Waals surface area contributed by atoms with Gasteiger partial charge < -0.3 is 15.5 Å². The van der Waals surface area contributed by atoms with E-state index in [0.717, 1.165) is 0 Å². The van der Waals surface area contributed by atoms with Crippen molar-refractivity contribution in [3.8, 4) is 0 Å². The molecule has 2 N–H and O–H groups in total. The first-order valence-electron chi connectivity index (χ1n) is 7.33. The van der Waals surface area contributed by atoms with Gasteiger partial charge >= 0.3 is 0 Å². The molecule has 2 heterocycles. The van der Waals surface area contributed by atoms with Crippen molar-refractivity contribution in [1.82, 2.24) is 15.5 Å². The summed E-state index contributed by atoms with van der Waals surface area (Å²) in [6.07, 6.45) is 10.7. The second kappa shape index (κ2) is 4.36. The predicted octanol–water partition coefficient (Wildman–Crippen LogP) is 1.74. The SMILES string of the molecule is O=C(NC(C1CC1)C1CC1)C1NC=C2C(F)=CC=CN21. The third-order valence-electron chi connectivity index (χ3n) is 4.49. The van der Waals surface area contributed by atoms with Gasteiger partial charge in [0.05, 0.1) is 5.70 Å². The molecule has 4 aliphatic rings. The Morgan fingerprint density at radius 3 is 2.70 bits per heavy atom. The lowest BCUT2D eigenvalue weighted by molar-refractivity contribution is -0.126. The summed E-state index contributed by atoms with van der Waals surface area (Å²) in [6, 6.07) is 0.322. The molecule has 0 spiro atoms. The number of nitrogens with one attached hydrogen (secondary N) is 2. The minimum Gasteiger partial charge on any atom is -0.361 e. The summed E-state index contributed by atoms with van der Waals surface area (Å²) >= 11 is 0. The maximum Gasteiger partial charge on any atom is 0.264 e. The number of carbonyl (C=O) groups is 1. The molecular formula is C15H18FN3O. The van der Waals surface area contributed by atoms with Gasteiger partial charge in [-0.2, -0.15) is 0 Å². The van der Waals surface area contributed by atoms with Crippen LogP contribution in [0.2, 0.25) is 0 Å². The number of hydrogen-bond acceptors (Lipinski definition) is 3. The third kappa shape index (κ3) is 2.01. The molecule has 0 saturated heterocycles. The Labute approximate surface area is 117 Å². The van der Waals surface area contributed by atoms with Gasteiger partial charge in [0, 0.05) is 18.4 Å². The molecule has 0 aromatic carbocycles. The molecule has 5 heteroatoms. The molecule has 0 radical (unpaired) electrons. The van der Waals surface area contributed by atoms with Crippen molar-refractivity contribution < 1.29 is 9.18 Å². The van der Waals surface area contributed by atoms with Crippen molar-refractivity contribution >= 4 is 5.91 Å². The summed E-state index contributed by atoms with van der Waals surface area (Å²) in [4.78, 5) is 14.1. The van der Waals surface area contributed by atoms with Crippen molar-refractivity contribution in [2.45, 2.75) is 37.9 Å². The quantitative estimate of drug-likeness (QED) is 0.821. The minimum absolute atomic E-state index is 0.0561. The maximum atomic E-state index is 13.6. The van der Waals surface area contributed by atoms with Crippen molar-refractivity contribution in [2.75, 3.05) is 0 Å². The van der Waals surface area contributed by atoms with Crippen LogP contribution in [0.15, 0.2) is 36.1 Å². The highest BCUT2D eigenvalue weighted by Crippen LogP contribution is 2.44. The van der Waals surface area contributed by atoms with E-state index in [0.29, 0.717) is 23.6 Å². The number of rotatable bonds is 4. The van der Waals surface area contributed by atoms with Gasteiger partial charge in [-0.25, -0.2) is 4.39 Å². The second-order valence-electron chi connectivity index (χ2n) is 6.07. The van der Waals surface area contributed by atoms with E-state index in [9.17, 15) is 9.18 Å². The molecule has 20 heavy (non-hydrogen) atoms. The van der Waals surface area contributed by atoms with Gasteiger partial charge in [-0.05, 0) is 49.7 Å². The molecule has 106 valence electrons. The Morgan fingerprint density at radius 2 is 2.05 bits per heavy atom. The molecule has 1 unspecified atom stereocenters. The zero-order valence-electron chi connectivity index (χ0n) is 11.2. The molecule has 0 aromatic rings. The highest BCUT2D eigenvalue weighted by Gasteiger charge is 2.44. The number of carbonyl (C=O) groups excluding carboxylic acids is 1. The van der Waals surface area contributed by atoms with Crippen LogP contribution in [0, 0.1) is 11.8 Å². The molecular weight excluding hydrogens is 257 g/mol. The van der Waals surface area contributed by atoms with Crippen LogP contribution >= 0.6 is 0 Å². The fourth-order valence-corrected chi connectivity index (χ4v) is 3.09. The Morgan fingerprint density at radius 1 is 1.35 bits per heavy atom. The largest absolute Gasteiger partial charge is 0.361 e. The van der Waals surface area contributed by atoms with Gasteiger partial charge in [0.2, 0.25) is 0 Å². The van der Waals surface area contributed by atoms with E-state index < -0.39 is 6.17 Å². The van der Waals surface area contributed by atoms with Crippen LogP contribution in [0.4, 0.5) is 4.39 Å². The standard InChI is InChI=1S/C15H18FN3O/c16-11-2-1-7-19-12(11)8-17-14(19)15(20)18-13(9-3-4-9)10-5-6-10/h1-2,7-10,13-14,17H,3-6H2,(H,18,20). The molecule has 2 aliphatic carbocycles. The normalized spacial score (nSPS) is 27.9. The average Bonchev–Trinajstić information content (AvgIpc) is 3.34. The third-order valence-corrected chi connectivity index (χ3v) is 4.49. The summed E-state index contributed by atoms with van der Waals surface area (Å²) < 4.78 is 13.6. The smallest absolute Gasteiger partial charge is 0.264 e. The van der Waals surface area contributed by atoms with Gasteiger partial charge in [-0.3, -0.25) is 4.79 Å². The van der Waals surface area contributed by atoms with Gasteiger partial charge in [-0.15, -0.1) is 0 Å². The lowest BCUT2D eigenvalue weighted by atomic mass is 10.1. The van der Waals surface area contributed by atoms with Gasteiger partial charge in [0.25, 0.3) is 5.91 Å². The first-order valence-corrected chi connectivity index (χ1v) is 7.33. The van der Waals surface area contributed by atoms with Crippen LogP contribution in [-0.2, 0) is 4.79 Å². The molecule has 0 bridgehead atoms. The Kier molecular flexibility index (Phi) is 2.62. The van der Waals surface area contributed by atoms with Crippen molar-refractivity contribution in [1.29, 1.82) is 0 Å². The lowest BCUT2D eigenvalue weighted by Gasteiger charge is -2.28. The molecule has 2 saturated carbocycles. The fourth-order valence-electron chi connectivity index (χ4n) is 3.09. The number of allylic oxidation sites excluding steroid dienone is 3. The maximum absolute atomic E-state index is 13.6. The summed E-state index contributed by atoms with van der Waals surface area (Å²) in [7, 11) is 0. The van der Waals surface area contributed by atoms with E-state index in [1.165, 1.54) is 31.8 Å². The summed E-state index contributed by atoms with van der Waals surface area (Å²) in [5, 5.41) is 6.15. The van der Waals surface area contributed by atoms with Crippen molar-refractivity contribution in [3.05, 3.63) is 36.1 Å². The highest BCUT2D eigenvalue weighted by molar-refractivity contribution is 5.83. The van der Waals surface area contributed by atoms with Crippen LogP contribution < -0.4 is 10.6 Å². The van der Waals surface area contributed by atoms with Crippen molar-refractivity contribution in [2.24, 2.45) is 11.8 Å². The van der Waals surface area contributed by atoms with Crippen LogP contribution in [0.1, 0.15) is 25.7 Å². The molecule has 4 rings (SSSR count). The predicted molar refractivity (Wildman–Crippen MR) is 72.6 cm³/mol. The summed E-state index contributed by atoms with van der Waals surface area (Å²) in [6.45, 7) is 0. The summed E-state index contributed by atoms with van der Waals surface area (Å²) in [5.74, 6) is 0.957. The minimum atomic E-state index is -0.527. The number of nitrogens with zero attached hydrogens (tertiary/aromatic N) is 1. The Hall–Kier alpha value is -1.78. The van der Waals surface area contributed by atoms with E-state index in [1.54, 1.807) is 23.4 Å². The Bertz CT molecular complexity index is 519. The van der Waals surface area contributed by atoms with Crippen LogP contribution in [0.25, 0.3) is 0 Å². The fraction of sp³-hybridized carbons (Fsp3) is 0.533. The van der Waals surface area contributed by atoms with E-state index in [-0.39, 0.29) is 11.7 Å². The monoisotopic (exact) mass is 275 g/mol. The Balaban J connectivity index is 1.44. The first kappa shape index (κ1) is 12.0. The number of fused-ring (bicyclic) bond motifs is 1. The number of hydrogen-bond donors (Lipinski definition) is 2. The van der Waals surface area contributed by atoms with Crippen LogP contribution in [0.5, 0.6) is 0 Å². The van der Waals surface area contributed by atoms with Crippen LogP contribution in [0.3, 0.4) is 0 Å². The molecule has 4 nitrogen and oxygen atoms in total. The molecule has 1 atom stereocenters. The average molecular weight is 275 g/mol. The van der Waals surface area contributed by atoms with Gasteiger partial charge in [-0.1, -0.05) is 0 Å². The van der Waals surface area contributed by atoms with Crippen LogP contribution in [-0.4, -0.2) is 23.0 Å². The lowest BCUT2D eigenvalue weighted by Crippen LogP contribution is -2.51. The molecule has 1 amide bonds. The topological polar surface area (TPSA) is 44.4 Å². The highest BCUT2D eigenvalue weighted by atomic mass is 19.1. The first-order chi connectivity index (χ1) is 9.74. The second-order valence-corrected chi connectivity index (χ2v) is 6.07. The van der Waals surface area contributed by atoms with Gasteiger partial charge in [0.15, 0.2) is 6.17 Å². The number of amides is 1. The summed E-state index contributed by atoms with van der Waals surface area (Å²) in [5.41, 5.74) is 0.432. The molecule has 0 aromatic heterocycles. The number of halogens is 1. The zero-order valence-corrected chi connectivity index (χ0v) is 11.2. The zero-order chi connectivity index (χ0) is 13.7. The van der Waals surface area contributed by atoms with Crippen molar-refractivity contribution in [3.63, 3.8) is 0 Å². The van der Waals surface area contributed by atoms with Gasteiger partial charge in [0.1, 0.15) is 5.83 Å².